The molecule has 0 spiro atoms. The van der Waals surface area contributed by atoms with E-state index in [-0.39, 0.29) is 74.5 Å². The number of para-hydroxylation sites is 2. The van der Waals surface area contributed by atoms with Gasteiger partial charge in [0.2, 0.25) is 23.6 Å². The lowest BCUT2D eigenvalue weighted by Gasteiger charge is -2.29. The van der Waals surface area contributed by atoms with Crippen molar-refractivity contribution in [1.82, 2.24) is 41.0 Å². The van der Waals surface area contributed by atoms with Gasteiger partial charge in [-0.3, -0.25) is 24.0 Å². The third-order valence-electron chi connectivity index (χ3n) is 21.0. The van der Waals surface area contributed by atoms with E-state index in [1.807, 2.05) is 74.9 Å². The fourth-order valence-electron chi connectivity index (χ4n) is 15.2. The lowest BCUT2D eigenvalue weighted by molar-refractivity contribution is -0.148. The highest BCUT2D eigenvalue weighted by Gasteiger charge is 2.63. The summed E-state index contributed by atoms with van der Waals surface area (Å²) in [5.74, 6) is -4.55. The minimum atomic E-state index is -1.25. The quantitative estimate of drug-likeness (QED) is 0.00754. The average Bonchev–Trinajstić information content (AvgIpc) is 1.58. The summed E-state index contributed by atoms with van der Waals surface area (Å²) >= 11 is 7.72. The molecule has 4 aliphatic carbocycles. The Hall–Kier alpha value is -9.32. The monoisotopic (exact) mass is 1590 g/mol. The standard InChI is InChI=1S/C37H44N6O8S.C36H44N4O9S.C5H9ClO2.CH4/c1-49-35(47)37-19-22(37)11-6-4-3-5-7-15-26(41-36(48)51-23-12-8-9-13-23)34(46)43-21-24(17-28(43)33(45)42-37)50-30-18-27(29(44)20-39-38)40-32-25(30)14-10-16-31(32)52-2;1-47-34(45)36-19-21(36)11-6-4-3-5-7-15-25(38-35(46)49-22-12-8-9-13-22)32(42)40-20-23(17-27(40)31(41)39-36)48-28-18-26(33(43)44)37-30-24(28)14-10-16-29(30)50-2;1-4(2)3-8-5(6)7;/h6,10-11,14,16,18,20,22-24,26,28H,3-5,7-9,12-13,15,17,19,21H2,1-2H3,(H,41,48)(H,42,45);6,10-11,14,16,18,21-23,25,27H,3-5,7-9,12-13,15,17,19-20H2,1-2H3,(H,38,46)(H,39,41)(H,43,44);4H,3H2,1-2H3;1H4/b2*11-6-;;/t22?,24-,26+,28+,37-;21?,23-,25+,27+,36-;;/m11../s1. The van der Waals surface area contributed by atoms with E-state index in [4.69, 9.17) is 45.6 Å². The maximum atomic E-state index is 14.5. The Labute approximate surface area is 658 Å². The van der Waals surface area contributed by atoms with Gasteiger partial charge in [-0.25, -0.2) is 38.7 Å². The summed E-state index contributed by atoms with van der Waals surface area (Å²) in [5.41, 5.74) is 6.56. The number of ether oxygens (including phenoxy) is 7. The number of methoxy groups -OCH3 is 2. The summed E-state index contributed by atoms with van der Waals surface area (Å²) in [7, 11) is 2.56. The van der Waals surface area contributed by atoms with Gasteiger partial charge < -0.3 is 74.9 Å². The Morgan fingerprint density at radius 3 is 1.45 bits per heavy atom. The van der Waals surface area contributed by atoms with Gasteiger partial charge in [-0.05, 0) is 145 Å². The number of hydrogen-bond donors (Lipinski definition) is 5. The van der Waals surface area contributed by atoms with Crippen LogP contribution >= 0.6 is 35.1 Å². The number of Topliss-reactive ketones (excluding diaryl/α,β-unsaturated/α-hetero) is 1. The number of carbonyl (C=O) groups is 11. The molecule has 8 aliphatic rings. The molecule has 32 heteroatoms. The number of benzene rings is 2. The molecule has 111 heavy (non-hydrogen) atoms. The number of ketones is 1. The molecular weight excluding hydrogens is 1490 g/mol. The molecule has 2 saturated heterocycles. The predicted octanol–water partition coefficient (Wildman–Crippen LogP) is 11.7. The first-order valence-corrected chi connectivity index (χ1v) is 40.5. The molecule has 29 nitrogen and oxygen atoms in total. The second-order valence-corrected chi connectivity index (χ2v) is 31.2. The molecular formula is C79H101ClN10O19S2. The normalized spacial score (nSPS) is 26.0. The Morgan fingerprint density at radius 2 is 1.06 bits per heavy atom. The van der Waals surface area contributed by atoms with E-state index in [1.165, 1.54) is 59.7 Å². The topological polar surface area (TPSA) is 389 Å². The first-order chi connectivity index (χ1) is 52.9. The van der Waals surface area contributed by atoms with Crippen molar-refractivity contribution < 1.29 is 95.8 Å². The number of nitrogens with one attached hydrogen (secondary N) is 4. The van der Waals surface area contributed by atoms with Crippen molar-refractivity contribution in [2.24, 2.45) is 17.8 Å². The Balaban J connectivity index is 0.000000230. The van der Waals surface area contributed by atoms with Crippen LogP contribution in [-0.2, 0) is 52.5 Å². The van der Waals surface area contributed by atoms with E-state index < -0.39 is 112 Å². The van der Waals surface area contributed by atoms with Gasteiger partial charge in [0.15, 0.2) is 5.69 Å². The molecule has 4 aromatic rings. The van der Waals surface area contributed by atoms with E-state index in [9.17, 15) is 57.8 Å². The zero-order valence-electron chi connectivity index (χ0n) is 62.7. The Kier molecular flexibility index (Phi) is 30.7. The van der Waals surface area contributed by atoms with E-state index in [1.54, 1.807) is 12.1 Å². The minimum absolute atomic E-state index is 0. The number of carboxylic acid groups (broad SMARTS) is 1. The number of carboxylic acids is 1. The van der Waals surface area contributed by atoms with Gasteiger partial charge >= 0.3 is 41.7 Å². The Morgan fingerprint density at radius 1 is 0.640 bits per heavy atom. The summed E-state index contributed by atoms with van der Waals surface area (Å²) in [5, 5.41) is 22.5. The zero-order chi connectivity index (χ0) is 78.8. The molecule has 4 saturated carbocycles. The van der Waals surface area contributed by atoms with E-state index in [0.717, 1.165) is 106 Å². The van der Waals surface area contributed by atoms with Gasteiger partial charge in [0.1, 0.15) is 76.9 Å². The van der Waals surface area contributed by atoms with Crippen molar-refractivity contribution in [2.75, 3.05) is 46.4 Å². The van der Waals surface area contributed by atoms with Crippen LogP contribution in [0.3, 0.4) is 0 Å². The van der Waals surface area contributed by atoms with Crippen molar-refractivity contribution >= 4 is 128 Å². The van der Waals surface area contributed by atoms with E-state index in [0.29, 0.717) is 78.6 Å². The van der Waals surface area contributed by atoms with Gasteiger partial charge in [0, 0.05) is 69.0 Å². The van der Waals surface area contributed by atoms with Gasteiger partial charge in [-0.1, -0.05) is 83.4 Å². The average molecular weight is 1590 g/mol. The number of pyridine rings is 2. The summed E-state index contributed by atoms with van der Waals surface area (Å²) in [4.78, 5) is 160. The number of fused-ring (bicyclic) bond motifs is 6. The number of amides is 6. The van der Waals surface area contributed by atoms with Crippen LogP contribution in [0.15, 0.2) is 82.6 Å². The zero-order valence-corrected chi connectivity index (χ0v) is 65.1. The largest absolute Gasteiger partial charge is 0.488 e. The number of carbonyl (C=O) groups excluding carboxylic acids is 10. The first-order valence-electron chi connectivity index (χ1n) is 37.7. The van der Waals surface area contributed by atoms with Crippen molar-refractivity contribution in [3.8, 4) is 11.5 Å². The van der Waals surface area contributed by atoms with Crippen LogP contribution in [0.5, 0.6) is 11.5 Å². The fraction of sp³-hybridized carbons (Fsp3) is 0.570. The van der Waals surface area contributed by atoms with E-state index >= 15 is 0 Å². The molecule has 10 atom stereocenters. The number of thioether (sulfide) groups is 2. The second kappa shape index (κ2) is 39.7. The lowest BCUT2D eigenvalue weighted by Crippen LogP contribution is -2.56. The van der Waals surface area contributed by atoms with Crippen LogP contribution in [-0.4, -0.2) is 207 Å². The molecule has 6 heterocycles. The number of nitrogens with zero attached hydrogens (tertiary/aromatic N) is 6. The highest BCUT2D eigenvalue weighted by Crippen LogP contribution is 2.48. The summed E-state index contributed by atoms with van der Waals surface area (Å²) in [6.07, 6.45) is 24.0. The molecule has 12 rings (SSSR count). The first kappa shape index (κ1) is 85.7. The number of halogens is 1. The maximum absolute atomic E-state index is 14.5. The van der Waals surface area contributed by atoms with Crippen LogP contribution in [0.4, 0.5) is 14.4 Å². The predicted molar refractivity (Wildman–Crippen MR) is 414 cm³/mol. The molecule has 600 valence electrons. The number of rotatable bonds is 17. The molecule has 4 aliphatic heterocycles. The van der Waals surface area contributed by atoms with Crippen molar-refractivity contribution in [3.05, 3.63) is 89.8 Å². The van der Waals surface area contributed by atoms with Crippen LogP contribution in [0, 0.1) is 17.8 Å². The van der Waals surface area contributed by atoms with Gasteiger partial charge in [0.25, 0.3) is 5.78 Å². The van der Waals surface area contributed by atoms with Crippen molar-refractivity contribution in [1.29, 1.82) is 0 Å². The van der Waals surface area contributed by atoms with Crippen molar-refractivity contribution in [3.63, 3.8) is 0 Å². The number of hydrogen-bond acceptors (Lipinski definition) is 22. The van der Waals surface area contributed by atoms with Gasteiger partial charge in [-0.2, -0.15) is 4.79 Å². The summed E-state index contributed by atoms with van der Waals surface area (Å²) in [6, 6.07) is 9.73. The third kappa shape index (κ3) is 21.7. The van der Waals surface area contributed by atoms with Crippen molar-refractivity contribution in [2.45, 2.75) is 232 Å². The number of allylic oxidation sites excluding steroid dienone is 2. The van der Waals surface area contributed by atoms with Gasteiger partial charge in [0.05, 0.1) is 44.9 Å². The molecule has 6 amide bonds. The smallest absolute Gasteiger partial charge is 0.408 e. The fourth-order valence-corrected chi connectivity index (χ4v) is 16.3. The van der Waals surface area contributed by atoms with Crippen LogP contribution in [0.25, 0.3) is 27.3 Å². The molecule has 2 unspecified atom stereocenters. The summed E-state index contributed by atoms with van der Waals surface area (Å²) in [6.45, 7) is 4.26. The number of esters is 2. The highest BCUT2D eigenvalue weighted by molar-refractivity contribution is 7.99. The maximum Gasteiger partial charge on any atom is 0.408 e. The number of alkyl carbamates (subject to hydrolysis) is 2. The Bertz CT molecular complexity index is 4210. The molecule has 2 aromatic carbocycles. The van der Waals surface area contributed by atoms with E-state index in [2.05, 4.69) is 40.8 Å². The molecule has 0 bridgehead atoms. The lowest BCUT2D eigenvalue weighted by atomic mass is 10.0. The second-order valence-electron chi connectivity index (χ2n) is 29.2. The molecule has 5 N–H and O–H groups in total. The van der Waals surface area contributed by atoms with Crippen LogP contribution < -0.4 is 30.7 Å². The summed E-state index contributed by atoms with van der Waals surface area (Å²) < 4.78 is 38.9. The molecule has 6 fully saturated rings. The number of aromatic nitrogens is 2. The minimum Gasteiger partial charge on any atom is -0.488 e. The van der Waals surface area contributed by atoms with Crippen LogP contribution in [0.1, 0.15) is 184 Å². The highest BCUT2D eigenvalue weighted by atomic mass is 35.5. The molecule has 2 aromatic heterocycles. The third-order valence-corrected chi connectivity index (χ3v) is 22.7. The van der Waals surface area contributed by atoms with Crippen LogP contribution in [0.2, 0.25) is 0 Å². The van der Waals surface area contributed by atoms with Gasteiger partial charge in [-0.15, -0.1) is 23.5 Å². The molecule has 0 radical (unpaired) electrons. The number of aromatic carboxylic acids is 1. The SMILES string of the molecule is C.CC(C)COC(=O)Cl.COC(=O)[C@@]12CC1/C=C\CCCCC[C@H](NC(=O)OC1CCCC1)C(=O)N1C[C@H](Oc3cc(C(=O)C=[N+]=[N-])nc4c(SC)cccc34)C[C@H]1C(=O)N2.COC(=O)[C@@]12CC1/C=C\CCCCC[C@H](NC(=O)OC1CCCC1)C(=O)N1C[C@H](Oc3cc(C(=O)O)nc4c(SC)cccc34)C[C@H]1C(=O)N2.